The maximum Gasteiger partial charge on any atom is 0.258 e. The molecule has 0 radical (unpaired) electrons. The molecular formula is C12H8FN3OS. The summed E-state index contributed by atoms with van der Waals surface area (Å²) in [6.07, 6.45) is 0. The van der Waals surface area contributed by atoms with Crippen LogP contribution >= 0.6 is 11.3 Å². The SMILES string of the molecule is Nc1ccc(-c2nc(-c3ccsc3)no2)cc1F. The Labute approximate surface area is 106 Å². The number of hydrogen-bond donors (Lipinski definition) is 1. The minimum absolute atomic E-state index is 0.0938. The van der Waals surface area contributed by atoms with Crippen molar-refractivity contribution in [3.8, 4) is 22.8 Å². The zero-order valence-electron chi connectivity index (χ0n) is 9.13. The third-order valence-electron chi connectivity index (χ3n) is 2.45. The lowest BCUT2D eigenvalue weighted by molar-refractivity contribution is 0.432. The largest absolute Gasteiger partial charge is 0.396 e. The molecule has 0 fully saturated rings. The third kappa shape index (κ3) is 1.86. The average molecular weight is 261 g/mol. The Morgan fingerprint density at radius 2 is 2.11 bits per heavy atom. The van der Waals surface area contributed by atoms with E-state index in [0.717, 1.165) is 5.56 Å². The maximum absolute atomic E-state index is 13.3. The fraction of sp³-hybridized carbons (Fsp3) is 0. The van der Waals surface area contributed by atoms with Crippen LogP contribution in [0.25, 0.3) is 22.8 Å². The Balaban J connectivity index is 2.00. The summed E-state index contributed by atoms with van der Waals surface area (Å²) in [5.41, 5.74) is 6.89. The van der Waals surface area contributed by atoms with Crippen LogP contribution in [0, 0.1) is 5.82 Å². The van der Waals surface area contributed by atoms with Crippen LogP contribution in [0.5, 0.6) is 0 Å². The predicted molar refractivity (Wildman–Crippen MR) is 67.4 cm³/mol. The zero-order valence-corrected chi connectivity index (χ0v) is 9.95. The van der Waals surface area contributed by atoms with Crippen molar-refractivity contribution in [3.63, 3.8) is 0 Å². The van der Waals surface area contributed by atoms with E-state index in [4.69, 9.17) is 10.3 Å². The molecule has 6 heteroatoms. The standard InChI is InChI=1S/C12H8FN3OS/c13-9-5-7(1-2-10(9)14)12-15-11(16-17-12)8-3-4-18-6-8/h1-6H,14H2. The summed E-state index contributed by atoms with van der Waals surface area (Å²) >= 11 is 1.55. The molecule has 90 valence electrons. The van der Waals surface area contributed by atoms with E-state index in [1.807, 2.05) is 16.8 Å². The molecule has 0 spiro atoms. The lowest BCUT2D eigenvalue weighted by atomic mass is 10.2. The van der Waals surface area contributed by atoms with Gasteiger partial charge in [-0.15, -0.1) is 0 Å². The molecular weight excluding hydrogens is 253 g/mol. The number of benzene rings is 1. The summed E-state index contributed by atoms with van der Waals surface area (Å²) in [6, 6.07) is 6.28. The number of anilines is 1. The fourth-order valence-electron chi connectivity index (χ4n) is 1.51. The van der Waals surface area contributed by atoms with Crippen molar-refractivity contribution in [3.05, 3.63) is 40.8 Å². The summed E-state index contributed by atoms with van der Waals surface area (Å²) < 4.78 is 18.4. The Morgan fingerprint density at radius 3 is 2.83 bits per heavy atom. The van der Waals surface area contributed by atoms with Crippen molar-refractivity contribution >= 4 is 17.0 Å². The van der Waals surface area contributed by atoms with Crippen LogP contribution in [0.3, 0.4) is 0 Å². The van der Waals surface area contributed by atoms with Gasteiger partial charge in [-0.3, -0.25) is 0 Å². The van der Waals surface area contributed by atoms with E-state index >= 15 is 0 Å². The molecule has 2 heterocycles. The Bertz CT molecular complexity index is 678. The van der Waals surface area contributed by atoms with E-state index in [9.17, 15) is 4.39 Å². The second-order valence-electron chi connectivity index (χ2n) is 3.67. The molecule has 4 nitrogen and oxygen atoms in total. The van der Waals surface area contributed by atoms with Crippen LogP contribution < -0.4 is 5.73 Å². The van der Waals surface area contributed by atoms with E-state index in [-0.39, 0.29) is 11.6 Å². The lowest BCUT2D eigenvalue weighted by Gasteiger charge is -1.97. The molecule has 0 saturated heterocycles. The van der Waals surface area contributed by atoms with E-state index < -0.39 is 5.82 Å². The van der Waals surface area contributed by atoms with Gasteiger partial charge < -0.3 is 10.3 Å². The average Bonchev–Trinajstić information content (AvgIpc) is 3.01. The van der Waals surface area contributed by atoms with E-state index in [0.29, 0.717) is 11.4 Å². The van der Waals surface area contributed by atoms with E-state index in [1.54, 1.807) is 17.4 Å². The Hall–Kier alpha value is -2.21. The van der Waals surface area contributed by atoms with Crippen molar-refractivity contribution < 1.29 is 8.91 Å². The van der Waals surface area contributed by atoms with Crippen molar-refractivity contribution in [2.24, 2.45) is 0 Å². The normalized spacial score (nSPS) is 10.7. The van der Waals surface area contributed by atoms with Gasteiger partial charge in [-0.25, -0.2) is 4.39 Å². The van der Waals surface area contributed by atoms with Crippen molar-refractivity contribution in [2.45, 2.75) is 0 Å². The second kappa shape index (κ2) is 4.23. The summed E-state index contributed by atoms with van der Waals surface area (Å²) in [6.45, 7) is 0. The van der Waals surface area contributed by atoms with Crippen LogP contribution in [0.2, 0.25) is 0 Å². The quantitative estimate of drug-likeness (QED) is 0.719. The Kier molecular flexibility index (Phi) is 2.56. The molecule has 0 atom stereocenters. The van der Waals surface area contributed by atoms with Crippen LogP contribution in [-0.4, -0.2) is 10.1 Å². The summed E-state index contributed by atoms with van der Waals surface area (Å²) in [7, 11) is 0. The van der Waals surface area contributed by atoms with Crippen molar-refractivity contribution in [1.29, 1.82) is 0 Å². The minimum atomic E-state index is -0.497. The summed E-state index contributed by atoms with van der Waals surface area (Å²) in [4.78, 5) is 4.22. The number of nitrogens with two attached hydrogens (primary N) is 1. The van der Waals surface area contributed by atoms with E-state index in [2.05, 4.69) is 10.1 Å². The second-order valence-corrected chi connectivity index (χ2v) is 4.45. The number of rotatable bonds is 2. The van der Waals surface area contributed by atoms with Crippen LogP contribution in [0.15, 0.2) is 39.5 Å². The van der Waals surface area contributed by atoms with Gasteiger partial charge in [0, 0.05) is 16.5 Å². The molecule has 0 saturated carbocycles. The number of halogens is 1. The molecule has 2 N–H and O–H groups in total. The molecule has 0 aliphatic rings. The predicted octanol–water partition coefficient (Wildman–Crippen LogP) is 3.19. The van der Waals surface area contributed by atoms with Crippen molar-refractivity contribution in [2.75, 3.05) is 5.73 Å². The molecule has 3 rings (SSSR count). The molecule has 3 aromatic rings. The number of nitrogens with zero attached hydrogens (tertiary/aromatic N) is 2. The molecule has 0 amide bonds. The first kappa shape index (κ1) is 10.9. The van der Waals surface area contributed by atoms with Gasteiger partial charge in [0.25, 0.3) is 5.89 Å². The number of thiophene rings is 1. The zero-order chi connectivity index (χ0) is 12.5. The lowest BCUT2D eigenvalue weighted by Crippen LogP contribution is -1.90. The molecule has 2 aromatic heterocycles. The first-order valence-electron chi connectivity index (χ1n) is 5.16. The van der Waals surface area contributed by atoms with Crippen LogP contribution in [-0.2, 0) is 0 Å². The van der Waals surface area contributed by atoms with Gasteiger partial charge in [-0.1, -0.05) is 5.16 Å². The Morgan fingerprint density at radius 1 is 1.22 bits per heavy atom. The first-order chi connectivity index (χ1) is 8.74. The molecule has 0 aliphatic carbocycles. The molecule has 0 aliphatic heterocycles. The van der Waals surface area contributed by atoms with Gasteiger partial charge in [0.1, 0.15) is 5.82 Å². The smallest absolute Gasteiger partial charge is 0.258 e. The molecule has 1 aromatic carbocycles. The molecule has 0 bridgehead atoms. The number of aromatic nitrogens is 2. The molecule has 18 heavy (non-hydrogen) atoms. The van der Waals surface area contributed by atoms with Crippen LogP contribution in [0.1, 0.15) is 0 Å². The highest BCUT2D eigenvalue weighted by Crippen LogP contribution is 2.25. The van der Waals surface area contributed by atoms with Crippen molar-refractivity contribution in [1.82, 2.24) is 10.1 Å². The highest BCUT2D eigenvalue weighted by molar-refractivity contribution is 7.08. The van der Waals surface area contributed by atoms with Gasteiger partial charge in [0.15, 0.2) is 0 Å². The van der Waals surface area contributed by atoms with Gasteiger partial charge in [0.2, 0.25) is 5.82 Å². The highest BCUT2D eigenvalue weighted by Gasteiger charge is 2.12. The molecule has 0 unspecified atom stereocenters. The van der Waals surface area contributed by atoms with Gasteiger partial charge >= 0.3 is 0 Å². The first-order valence-corrected chi connectivity index (χ1v) is 6.10. The van der Waals surface area contributed by atoms with Gasteiger partial charge in [-0.05, 0) is 29.6 Å². The monoisotopic (exact) mass is 261 g/mol. The fourth-order valence-corrected chi connectivity index (χ4v) is 2.14. The third-order valence-corrected chi connectivity index (χ3v) is 3.14. The van der Waals surface area contributed by atoms with E-state index in [1.165, 1.54) is 12.1 Å². The van der Waals surface area contributed by atoms with Crippen LogP contribution in [0.4, 0.5) is 10.1 Å². The van der Waals surface area contributed by atoms with Gasteiger partial charge in [0.05, 0.1) is 5.69 Å². The highest BCUT2D eigenvalue weighted by atomic mass is 32.1. The maximum atomic E-state index is 13.3. The summed E-state index contributed by atoms with van der Waals surface area (Å²) in [5.74, 6) is 0.265. The van der Waals surface area contributed by atoms with Gasteiger partial charge in [-0.2, -0.15) is 16.3 Å². The topological polar surface area (TPSA) is 64.9 Å². The summed E-state index contributed by atoms with van der Waals surface area (Å²) in [5, 5.41) is 7.69. The minimum Gasteiger partial charge on any atom is -0.396 e. The number of nitrogen functional groups attached to an aromatic ring is 1. The number of hydrogen-bond acceptors (Lipinski definition) is 5.